The number of rotatable bonds is 5. The van der Waals surface area contributed by atoms with Crippen molar-refractivity contribution in [2.75, 3.05) is 6.54 Å². The second-order valence-corrected chi connectivity index (χ2v) is 8.50. The summed E-state index contributed by atoms with van der Waals surface area (Å²) in [5.74, 6) is 5.71. The number of nitrogens with two attached hydrogens (primary N) is 1. The topological polar surface area (TPSA) is 72.2 Å². The zero-order valence-electron chi connectivity index (χ0n) is 11.5. The van der Waals surface area contributed by atoms with E-state index < -0.39 is 10.0 Å². The van der Waals surface area contributed by atoms with Crippen LogP contribution in [0.3, 0.4) is 0 Å². The Morgan fingerprint density at radius 2 is 1.95 bits per heavy atom. The Kier molecular flexibility index (Phi) is 5.56. The fourth-order valence-corrected chi connectivity index (χ4v) is 4.87. The van der Waals surface area contributed by atoms with E-state index in [9.17, 15) is 8.42 Å². The van der Waals surface area contributed by atoms with Crippen LogP contribution in [0.25, 0.3) is 0 Å². The zero-order valence-corrected chi connectivity index (χ0v) is 14.0. The molecule has 0 unspecified atom stereocenters. The van der Waals surface area contributed by atoms with E-state index in [1.807, 2.05) is 25.1 Å². The summed E-state index contributed by atoms with van der Waals surface area (Å²) in [4.78, 5) is 2.87. The van der Waals surface area contributed by atoms with Crippen molar-refractivity contribution in [3.63, 3.8) is 0 Å². The molecule has 0 saturated carbocycles. The Hall–Kier alpha value is -1.17. The van der Waals surface area contributed by atoms with Gasteiger partial charge in [-0.3, -0.25) is 0 Å². The van der Waals surface area contributed by atoms with E-state index >= 15 is 0 Å². The quantitative estimate of drug-likeness (QED) is 0.819. The van der Waals surface area contributed by atoms with Gasteiger partial charge in [0.2, 0.25) is 10.0 Å². The summed E-state index contributed by atoms with van der Waals surface area (Å²) in [5, 5.41) is 0. The van der Waals surface area contributed by atoms with Crippen LogP contribution in [0.5, 0.6) is 0 Å². The minimum Gasteiger partial charge on any atom is -0.320 e. The van der Waals surface area contributed by atoms with E-state index in [1.165, 1.54) is 22.7 Å². The van der Waals surface area contributed by atoms with Gasteiger partial charge >= 0.3 is 0 Å². The van der Waals surface area contributed by atoms with Crippen LogP contribution in [0.2, 0.25) is 0 Å². The lowest BCUT2D eigenvalue weighted by atomic mass is 10.4. The molecule has 4 nitrogen and oxygen atoms in total. The van der Waals surface area contributed by atoms with Crippen molar-refractivity contribution in [3.8, 4) is 11.8 Å². The van der Waals surface area contributed by atoms with Gasteiger partial charge in [-0.25, -0.2) is 13.1 Å². The van der Waals surface area contributed by atoms with E-state index in [0.29, 0.717) is 10.8 Å². The van der Waals surface area contributed by atoms with Gasteiger partial charge in [0.15, 0.2) is 0 Å². The predicted octanol–water partition coefficient (Wildman–Crippen LogP) is 2.16. The molecule has 0 aliphatic heterocycles. The van der Waals surface area contributed by atoms with Crippen molar-refractivity contribution < 1.29 is 8.42 Å². The van der Waals surface area contributed by atoms with Gasteiger partial charge < -0.3 is 5.73 Å². The maximum Gasteiger partial charge on any atom is 0.250 e. The zero-order chi connectivity index (χ0) is 15.3. The van der Waals surface area contributed by atoms with E-state index in [-0.39, 0.29) is 6.54 Å². The first kappa shape index (κ1) is 16.2. The van der Waals surface area contributed by atoms with Gasteiger partial charge in [-0.05, 0) is 30.7 Å². The summed E-state index contributed by atoms with van der Waals surface area (Å²) < 4.78 is 27.3. The first-order chi connectivity index (χ1) is 10.0. The summed E-state index contributed by atoms with van der Waals surface area (Å²) in [6.45, 7) is 2.60. The van der Waals surface area contributed by atoms with Crippen LogP contribution in [0.4, 0.5) is 0 Å². The molecule has 21 heavy (non-hydrogen) atoms. The standard InChI is InChI=1S/C14H16N2O2S3/c1-2-11-7-8-14(20-11)21(17,18)16-10-13-6-5-12(19-13)4-3-9-15/h5-8,16H,2,9-10,15H2,1H3. The SMILES string of the molecule is CCc1ccc(S(=O)(=O)NCc2ccc(C#CCN)s2)s1. The van der Waals surface area contributed by atoms with Crippen LogP contribution in [0.1, 0.15) is 21.6 Å². The number of nitrogens with one attached hydrogen (secondary N) is 1. The summed E-state index contributed by atoms with van der Waals surface area (Å²) in [6.07, 6.45) is 0.842. The molecule has 112 valence electrons. The number of hydrogen-bond acceptors (Lipinski definition) is 5. The summed E-state index contributed by atoms with van der Waals surface area (Å²) >= 11 is 2.77. The van der Waals surface area contributed by atoms with Crippen LogP contribution in [-0.2, 0) is 23.0 Å². The molecule has 0 radical (unpaired) electrons. The van der Waals surface area contributed by atoms with Crippen LogP contribution in [0, 0.1) is 11.8 Å². The second kappa shape index (κ2) is 7.20. The number of aryl methyl sites for hydroxylation is 1. The third kappa shape index (κ3) is 4.40. The first-order valence-corrected chi connectivity index (χ1v) is 9.53. The van der Waals surface area contributed by atoms with Gasteiger partial charge in [-0.2, -0.15) is 0 Å². The van der Waals surface area contributed by atoms with Crippen LogP contribution in [0.15, 0.2) is 28.5 Å². The highest BCUT2D eigenvalue weighted by atomic mass is 32.2. The van der Waals surface area contributed by atoms with Gasteiger partial charge in [0.1, 0.15) is 4.21 Å². The molecule has 0 spiro atoms. The lowest BCUT2D eigenvalue weighted by molar-refractivity contribution is 0.584. The van der Waals surface area contributed by atoms with Gasteiger partial charge in [0.05, 0.1) is 11.4 Å². The predicted molar refractivity (Wildman–Crippen MR) is 88.0 cm³/mol. The molecule has 0 atom stereocenters. The molecule has 0 fully saturated rings. The van der Waals surface area contributed by atoms with Gasteiger partial charge in [-0.15, -0.1) is 22.7 Å². The molecule has 0 bridgehead atoms. The molecule has 2 rings (SSSR count). The van der Waals surface area contributed by atoms with E-state index in [0.717, 1.165) is 21.1 Å². The number of thiophene rings is 2. The molecule has 0 aliphatic rings. The van der Waals surface area contributed by atoms with Crippen LogP contribution >= 0.6 is 22.7 Å². The smallest absolute Gasteiger partial charge is 0.250 e. The maximum atomic E-state index is 12.2. The van der Waals surface area contributed by atoms with Crippen molar-refractivity contribution in [2.24, 2.45) is 5.73 Å². The van der Waals surface area contributed by atoms with Gasteiger partial charge in [0, 0.05) is 16.3 Å². The van der Waals surface area contributed by atoms with Crippen molar-refractivity contribution in [1.82, 2.24) is 4.72 Å². The number of sulfonamides is 1. The van der Waals surface area contributed by atoms with Crippen LogP contribution in [-0.4, -0.2) is 15.0 Å². The largest absolute Gasteiger partial charge is 0.320 e. The molecular weight excluding hydrogens is 324 g/mol. The fourth-order valence-electron chi connectivity index (χ4n) is 1.61. The molecule has 0 aromatic carbocycles. The van der Waals surface area contributed by atoms with Crippen molar-refractivity contribution >= 4 is 32.7 Å². The summed E-state index contributed by atoms with van der Waals surface area (Å²) in [5.41, 5.74) is 5.32. The van der Waals surface area contributed by atoms with E-state index in [2.05, 4.69) is 16.6 Å². The Morgan fingerprint density at radius 1 is 1.19 bits per heavy atom. The minimum atomic E-state index is -3.44. The van der Waals surface area contributed by atoms with Crippen molar-refractivity contribution in [3.05, 3.63) is 38.9 Å². The molecule has 2 aromatic rings. The molecule has 0 saturated heterocycles. The first-order valence-electron chi connectivity index (χ1n) is 6.41. The molecule has 3 N–H and O–H groups in total. The highest BCUT2D eigenvalue weighted by molar-refractivity contribution is 7.91. The minimum absolute atomic E-state index is 0.274. The molecule has 2 aromatic heterocycles. The highest BCUT2D eigenvalue weighted by Crippen LogP contribution is 2.22. The third-order valence-electron chi connectivity index (χ3n) is 2.66. The lowest BCUT2D eigenvalue weighted by Crippen LogP contribution is -2.21. The summed E-state index contributed by atoms with van der Waals surface area (Å²) in [6, 6.07) is 7.25. The van der Waals surface area contributed by atoms with E-state index in [4.69, 9.17) is 5.73 Å². The van der Waals surface area contributed by atoms with Crippen LogP contribution < -0.4 is 10.5 Å². The second-order valence-electron chi connectivity index (χ2n) is 4.17. The monoisotopic (exact) mass is 340 g/mol. The summed E-state index contributed by atoms with van der Waals surface area (Å²) in [7, 11) is -3.44. The van der Waals surface area contributed by atoms with Gasteiger partial charge in [-0.1, -0.05) is 18.8 Å². The fraction of sp³-hybridized carbons (Fsp3) is 0.286. The third-order valence-corrected chi connectivity index (χ3v) is 6.79. The van der Waals surface area contributed by atoms with Crippen molar-refractivity contribution in [2.45, 2.75) is 24.1 Å². The average molecular weight is 340 g/mol. The highest BCUT2D eigenvalue weighted by Gasteiger charge is 2.16. The van der Waals surface area contributed by atoms with Gasteiger partial charge in [0.25, 0.3) is 0 Å². The molecule has 0 aliphatic carbocycles. The average Bonchev–Trinajstić information content (AvgIpc) is 3.12. The Labute approximate surface area is 133 Å². The lowest BCUT2D eigenvalue weighted by Gasteiger charge is -2.02. The maximum absolute atomic E-state index is 12.2. The van der Waals surface area contributed by atoms with Crippen molar-refractivity contribution in [1.29, 1.82) is 0 Å². The molecule has 2 heterocycles. The number of hydrogen-bond donors (Lipinski definition) is 2. The molecule has 0 amide bonds. The Morgan fingerprint density at radius 3 is 2.62 bits per heavy atom. The molecule has 7 heteroatoms. The Bertz CT molecular complexity index is 763. The van der Waals surface area contributed by atoms with E-state index in [1.54, 1.807) is 6.07 Å². The normalized spacial score (nSPS) is 11.1. The molecular formula is C14H16N2O2S3. The Balaban J connectivity index is 2.03.